The van der Waals surface area contributed by atoms with Gasteiger partial charge in [-0.15, -0.1) is 0 Å². The summed E-state index contributed by atoms with van der Waals surface area (Å²) in [7, 11) is 0. The number of hydrogen-bond donors (Lipinski definition) is 0. The minimum atomic E-state index is -1.34. The average Bonchev–Trinajstić information content (AvgIpc) is 2.11. The van der Waals surface area contributed by atoms with Crippen LogP contribution in [-0.2, 0) is 16.1 Å². The summed E-state index contributed by atoms with van der Waals surface area (Å²) in [4.78, 5) is 0. The SMILES string of the molecule is CC1=CC=C[CH]1[Pt]([CH3])([CH3])[CH3]. The summed E-state index contributed by atoms with van der Waals surface area (Å²) >= 11 is -1.34. The Balaban J connectivity index is 2.76. The van der Waals surface area contributed by atoms with Gasteiger partial charge in [-0.2, -0.15) is 0 Å². The van der Waals surface area contributed by atoms with E-state index in [9.17, 15) is 0 Å². The van der Waals surface area contributed by atoms with E-state index in [-0.39, 0.29) is 0 Å². The zero-order valence-corrected chi connectivity index (χ0v) is 9.40. The van der Waals surface area contributed by atoms with E-state index in [1.165, 1.54) is 0 Å². The summed E-state index contributed by atoms with van der Waals surface area (Å²) in [5, 5.41) is 7.39. The van der Waals surface area contributed by atoms with E-state index >= 15 is 0 Å². The normalized spacial score (nSPS) is 26.8. The number of rotatable bonds is 1. The van der Waals surface area contributed by atoms with Crippen molar-refractivity contribution in [1.29, 1.82) is 0 Å². The second-order valence-corrected chi connectivity index (χ2v) is 15.3. The fourth-order valence-corrected chi connectivity index (χ4v) is 6.04. The molecule has 0 saturated heterocycles. The average molecular weight is 319 g/mol. The van der Waals surface area contributed by atoms with Crippen molar-refractivity contribution in [2.75, 3.05) is 0 Å². The Bertz CT molecular complexity index is 181. The van der Waals surface area contributed by atoms with E-state index in [1.807, 2.05) is 0 Å². The van der Waals surface area contributed by atoms with Gasteiger partial charge in [0.25, 0.3) is 0 Å². The van der Waals surface area contributed by atoms with Crippen LogP contribution in [0.1, 0.15) is 6.92 Å². The third kappa shape index (κ3) is 1.61. The van der Waals surface area contributed by atoms with Crippen LogP contribution >= 0.6 is 0 Å². The molecule has 0 amide bonds. The van der Waals surface area contributed by atoms with Gasteiger partial charge >= 0.3 is 67.0 Å². The third-order valence-electron chi connectivity index (χ3n) is 1.62. The van der Waals surface area contributed by atoms with Gasteiger partial charge in [0, 0.05) is 0 Å². The van der Waals surface area contributed by atoms with Crippen LogP contribution in [0.5, 0.6) is 0 Å². The van der Waals surface area contributed by atoms with E-state index in [4.69, 9.17) is 0 Å². The Kier molecular flexibility index (Phi) is 2.20. The summed E-state index contributed by atoms with van der Waals surface area (Å²) < 4.78 is 0.840. The first kappa shape index (κ1) is 8.27. The molecule has 0 heterocycles. The molecule has 0 bridgehead atoms. The van der Waals surface area contributed by atoms with Crippen LogP contribution in [-0.4, -0.2) is 0 Å². The molecule has 1 atom stereocenters. The molecule has 1 heteroatoms. The molecule has 0 nitrogen and oxygen atoms in total. The monoisotopic (exact) mass is 319 g/mol. The first-order valence-electron chi connectivity index (χ1n) is 3.21. The van der Waals surface area contributed by atoms with Crippen molar-refractivity contribution in [3.8, 4) is 0 Å². The van der Waals surface area contributed by atoms with Gasteiger partial charge in [0.2, 0.25) is 0 Å². The van der Waals surface area contributed by atoms with E-state index < -0.39 is 16.1 Å². The Labute approximate surface area is 67.2 Å². The summed E-state index contributed by atoms with van der Waals surface area (Å²) in [5.74, 6) is 0. The van der Waals surface area contributed by atoms with E-state index in [0.717, 1.165) is 4.31 Å². The van der Waals surface area contributed by atoms with E-state index in [1.54, 1.807) is 5.57 Å². The molecule has 0 N–H and O–H groups in total. The Hall–Kier alpha value is 0.168. The maximum absolute atomic E-state index is 2.46. The molecule has 0 spiro atoms. The summed E-state index contributed by atoms with van der Waals surface area (Å²) in [5.41, 5.74) is 1.57. The fourth-order valence-electron chi connectivity index (χ4n) is 1.15. The van der Waals surface area contributed by atoms with E-state index in [0.29, 0.717) is 0 Å². The molecular formula is C9H16Pt. The molecule has 0 aromatic carbocycles. The first-order chi connectivity index (χ1) is 4.52. The second kappa shape index (κ2) is 2.66. The number of allylic oxidation sites excluding steroid dienone is 4. The second-order valence-electron chi connectivity index (χ2n) is 3.16. The van der Waals surface area contributed by atoms with Crippen LogP contribution < -0.4 is 0 Å². The third-order valence-corrected chi connectivity index (χ3v) is 7.34. The maximum atomic E-state index is 2.46. The van der Waals surface area contributed by atoms with Crippen molar-refractivity contribution < 1.29 is 16.1 Å². The van der Waals surface area contributed by atoms with Gasteiger partial charge in [-0.25, -0.2) is 0 Å². The van der Waals surface area contributed by atoms with Crippen LogP contribution in [0.3, 0.4) is 0 Å². The van der Waals surface area contributed by atoms with Crippen LogP contribution in [0.25, 0.3) is 0 Å². The van der Waals surface area contributed by atoms with Crippen molar-refractivity contribution in [3.63, 3.8) is 0 Å². The molecule has 0 fully saturated rings. The molecule has 0 aromatic rings. The Morgan fingerprint density at radius 3 is 2.10 bits per heavy atom. The molecule has 1 unspecified atom stereocenters. The molecule has 1 aliphatic carbocycles. The molecule has 0 saturated carbocycles. The predicted octanol–water partition coefficient (Wildman–Crippen LogP) is 3.59. The molecule has 0 aliphatic heterocycles. The van der Waals surface area contributed by atoms with Crippen LogP contribution in [0.15, 0.2) is 23.8 Å². The molecule has 62 valence electrons. The van der Waals surface area contributed by atoms with Crippen molar-refractivity contribution in [3.05, 3.63) is 23.8 Å². The minimum absolute atomic E-state index is 0.840. The molecule has 10 heavy (non-hydrogen) atoms. The van der Waals surface area contributed by atoms with Crippen LogP contribution in [0, 0.1) is 0 Å². The van der Waals surface area contributed by atoms with Crippen molar-refractivity contribution >= 4 is 0 Å². The van der Waals surface area contributed by atoms with Crippen molar-refractivity contribution in [1.82, 2.24) is 0 Å². The molecule has 1 rings (SSSR count). The van der Waals surface area contributed by atoms with Gasteiger partial charge in [0.15, 0.2) is 0 Å². The predicted molar refractivity (Wildman–Crippen MR) is 44.2 cm³/mol. The first-order valence-corrected chi connectivity index (χ1v) is 11.3. The summed E-state index contributed by atoms with van der Waals surface area (Å²) in [6, 6.07) is 0. The van der Waals surface area contributed by atoms with Gasteiger partial charge < -0.3 is 0 Å². The number of hydrogen-bond acceptors (Lipinski definition) is 0. The Morgan fingerprint density at radius 1 is 1.30 bits per heavy atom. The van der Waals surface area contributed by atoms with Crippen molar-refractivity contribution in [2.24, 2.45) is 0 Å². The molecule has 0 radical (unpaired) electrons. The topological polar surface area (TPSA) is 0 Å². The van der Waals surface area contributed by atoms with Crippen LogP contribution in [0.4, 0.5) is 0 Å². The zero-order chi connectivity index (χ0) is 7.78. The Morgan fingerprint density at radius 2 is 1.90 bits per heavy atom. The quantitative estimate of drug-likeness (QED) is 0.693. The van der Waals surface area contributed by atoms with Gasteiger partial charge in [0.1, 0.15) is 0 Å². The van der Waals surface area contributed by atoms with Gasteiger partial charge in [0.05, 0.1) is 0 Å². The molecular weight excluding hydrogens is 303 g/mol. The summed E-state index contributed by atoms with van der Waals surface area (Å²) in [6.07, 6.45) is 6.82. The summed E-state index contributed by atoms with van der Waals surface area (Å²) in [6.45, 7) is 2.25. The van der Waals surface area contributed by atoms with Gasteiger partial charge in [-0.1, -0.05) is 0 Å². The van der Waals surface area contributed by atoms with Gasteiger partial charge in [-0.05, 0) is 0 Å². The zero-order valence-electron chi connectivity index (χ0n) is 7.13. The van der Waals surface area contributed by atoms with Crippen LogP contribution in [0.2, 0.25) is 20.2 Å². The van der Waals surface area contributed by atoms with Gasteiger partial charge in [-0.3, -0.25) is 0 Å². The van der Waals surface area contributed by atoms with Crippen molar-refractivity contribution in [2.45, 2.75) is 27.2 Å². The standard InChI is InChI=1S/C6H7.3CH3.Pt/c1-6-4-2-3-5-6;;;;/h2-5H,1H3;3*1H3;. The fraction of sp³-hybridized carbons (Fsp3) is 0.556. The van der Waals surface area contributed by atoms with E-state index in [2.05, 4.69) is 41.1 Å². The molecule has 1 aliphatic rings. The molecule has 0 aromatic heterocycles.